The third kappa shape index (κ3) is 2.38. The van der Waals surface area contributed by atoms with E-state index in [9.17, 15) is 4.39 Å². The van der Waals surface area contributed by atoms with E-state index in [0.29, 0.717) is 16.5 Å². The van der Waals surface area contributed by atoms with Crippen molar-refractivity contribution in [1.29, 1.82) is 0 Å². The van der Waals surface area contributed by atoms with Crippen LogP contribution in [0.2, 0.25) is 0 Å². The lowest BCUT2D eigenvalue weighted by Crippen LogP contribution is -2.10. The van der Waals surface area contributed by atoms with Gasteiger partial charge in [0.2, 0.25) is 0 Å². The van der Waals surface area contributed by atoms with Gasteiger partial charge in [0, 0.05) is 17.3 Å². The first-order valence-corrected chi connectivity index (χ1v) is 6.31. The highest BCUT2D eigenvalue weighted by atomic mass is 32.2. The molecule has 2 heterocycles. The molecule has 0 atom stereocenters. The number of rotatable bonds is 3. The monoisotopic (exact) mass is 275 g/mol. The van der Waals surface area contributed by atoms with Gasteiger partial charge in [-0.1, -0.05) is 17.8 Å². The molecule has 0 aliphatic rings. The summed E-state index contributed by atoms with van der Waals surface area (Å²) in [6, 6.07) is 6.33. The average Bonchev–Trinajstić information content (AvgIpc) is 2.87. The predicted octanol–water partition coefficient (Wildman–Crippen LogP) is 2.31. The largest absolute Gasteiger partial charge is 0.307 e. The molecule has 0 amide bonds. The highest BCUT2D eigenvalue weighted by molar-refractivity contribution is 7.99. The molecule has 0 bridgehead atoms. The minimum absolute atomic E-state index is 0.280. The van der Waals surface area contributed by atoms with E-state index in [1.165, 1.54) is 23.9 Å². The molecule has 3 N–H and O–H groups in total. The summed E-state index contributed by atoms with van der Waals surface area (Å²) in [6.07, 6.45) is 5.21. The topological polar surface area (TPSA) is 68.2 Å². The Morgan fingerprint density at radius 2 is 2.26 bits per heavy atom. The molecular weight excluding hydrogens is 265 g/mol. The molecule has 1 aromatic carbocycles. The van der Waals surface area contributed by atoms with E-state index >= 15 is 0 Å². The van der Waals surface area contributed by atoms with Gasteiger partial charge in [-0.05, 0) is 18.2 Å². The van der Waals surface area contributed by atoms with Crippen LogP contribution in [0, 0.1) is 5.82 Å². The van der Waals surface area contributed by atoms with E-state index in [0.717, 1.165) is 4.90 Å². The van der Waals surface area contributed by atoms with Crippen LogP contribution in [0.25, 0.3) is 5.65 Å². The van der Waals surface area contributed by atoms with Gasteiger partial charge in [0.25, 0.3) is 0 Å². The molecule has 0 aliphatic carbocycles. The molecule has 0 spiro atoms. The summed E-state index contributed by atoms with van der Waals surface area (Å²) < 4.78 is 15.0. The van der Waals surface area contributed by atoms with Gasteiger partial charge in [0.1, 0.15) is 10.8 Å². The van der Waals surface area contributed by atoms with E-state index in [-0.39, 0.29) is 5.82 Å². The first kappa shape index (κ1) is 11.9. The lowest BCUT2D eigenvalue weighted by molar-refractivity contribution is 0.624. The summed E-state index contributed by atoms with van der Waals surface area (Å²) in [7, 11) is 0. The third-order valence-corrected chi connectivity index (χ3v) is 3.46. The van der Waals surface area contributed by atoms with Crippen molar-refractivity contribution in [2.45, 2.75) is 9.92 Å². The average molecular weight is 275 g/mol. The molecule has 0 saturated heterocycles. The summed E-state index contributed by atoms with van der Waals surface area (Å²) >= 11 is 1.34. The van der Waals surface area contributed by atoms with Crippen molar-refractivity contribution in [3.05, 3.63) is 48.7 Å². The minimum Gasteiger partial charge on any atom is -0.307 e. The van der Waals surface area contributed by atoms with Crippen LogP contribution in [0.3, 0.4) is 0 Å². The fraction of sp³-hybridized carbons (Fsp3) is 0. The van der Waals surface area contributed by atoms with E-state index in [2.05, 4.69) is 15.4 Å². The fourth-order valence-electron chi connectivity index (χ4n) is 1.68. The van der Waals surface area contributed by atoms with E-state index < -0.39 is 0 Å². The second-order valence-corrected chi connectivity index (χ2v) is 4.86. The summed E-state index contributed by atoms with van der Waals surface area (Å²) in [5, 5.41) is 0.658. The number of nitrogens with two attached hydrogens (primary N) is 1. The fourth-order valence-corrected chi connectivity index (χ4v) is 2.62. The maximum Gasteiger partial charge on any atom is 0.170 e. The molecule has 0 fully saturated rings. The highest BCUT2D eigenvalue weighted by Gasteiger charge is 2.09. The molecule has 3 aromatic rings. The Balaban J connectivity index is 2.06. The SMILES string of the molecule is NNc1cn2ccnc2c(Sc2cccc(F)c2)n1. The number of hydrazine groups is 1. The number of nitrogens with one attached hydrogen (secondary N) is 1. The number of anilines is 1. The van der Waals surface area contributed by atoms with Crippen LogP contribution in [0.4, 0.5) is 10.2 Å². The van der Waals surface area contributed by atoms with E-state index in [1.807, 2.05) is 10.5 Å². The summed E-state index contributed by atoms with van der Waals surface area (Å²) in [5.74, 6) is 5.62. The molecule has 3 rings (SSSR count). The van der Waals surface area contributed by atoms with Crippen molar-refractivity contribution in [1.82, 2.24) is 14.4 Å². The van der Waals surface area contributed by atoms with Crippen molar-refractivity contribution in [2.75, 3.05) is 5.43 Å². The van der Waals surface area contributed by atoms with E-state index in [4.69, 9.17) is 5.84 Å². The maximum absolute atomic E-state index is 13.2. The van der Waals surface area contributed by atoms with Gasteiger partial charge in [-0.3, -0.25) is 0 Å². The highest BCUT2D eigenvalue weighted by Crippen LogP contribution is 2.30. The molecule has 0 unspecified atom stereocenters. The Kier molecular flexibility index (Phi) is 3.06. The van der Waals surface area contributed by atoms with Gasteiger partial charge < -0.3 is 9.83 Å². The Morgan fingerprint density at radius 3 is 3.05 bits per heavy atom. The number of fused-ring (bicyclic) bond motifs is 1. The van der Waals surface area contributed by atoms with Crippen LogP contribution in [-0.2, 0) is 0 Å². The normalized spacial score (nSPS) is 10.8. The molecule has 0 aliphatic heterocycles. The zero-order valence-electron chi connectivity index (χ0n) is 9.75. The number of benzene rings is 1. The Bertz CT molecular complexity index is 727. The number of aromatic nitrogens is 3. The van der Waals surface area contributed by atoms with Crippen LogP contribution in [0.1, 0.15) is 0 Å². The molecular formula is C12H10FN5S. The van der Waals surface area contributed by atoms with Crippen molar-refractivity contribution in [3.63, 3.8) is 0 Å². The maximum atomic E-state index is 13.2. The van der Waals surface area contributed by atoms with Gasteiger partial charge in [0.05, 0.1) is 6.20 Å². The Labute approximate surface area is 112 Å². The van der Waals surface area contributed by atoms with Gasteiger partial charge in [-0.2, -0.15) is 0 Å². The second kappa shape index (κ2) is 4.87. The molecule has 5 nitrogen and oxygen atoms in total. The standard InChI is InChI=1S/C12H10FN5S/c13-8-2-1-3-9(6-8)19-12-11-15-4-5-18(11)7-10(16-12)17-14/h1-7,17H,14H2. The van der Waals surface area contributed by atoms with E-state index in [1.54, 1.807) is 24.7 Å². The molecule has 96 valence electrons. The molecule has 0 saturated carbocycles. The Hall–Kier alpha value is -2.12. The number of nitrogen functional groups attached to an aromatic ring is 1. The molecule has 19 heavy (non-hydrogen) atoms. The number of halogens is 1. The second-order valence-electron chi connectivity index (χ2n) is 3.79. The van der Waals surface area contributed by atoms with Crippen LogP contribution < -0.4 is 11.3 Å². The van der Waals surface area contributed by atoms with Crippen molar-refractivity contribution in [2.24, 2.45) is 5.84 Å². The molecule has 0 radical (unpaired) electrons. The van der Waals surface area contributed by atoms with Gasteiger partial charge in [-0.15, -0.1) is 0 Å². The van der Waals surface area contributed by atoms with Gasteiger partial charge >= 0.3 is 0 Å². The van der Waals surface area contributed by atoms with Gasteiger partial charge in [-0.25, -0.2) is 20.2 Å². The number of imidazole rings is 1. The number of hydrogen-bond donors (Lipinski definition) is 2. The lowest BCUT2D eigenvalue weighted by Gasteiger charge is -2.06. The quantitative estimate of drug-likeness (QED) is 0.567. The first-order valence-electron chi connectivity index (χ1n) is 5.50. The zero-order valence-corrected chi connectivity index (χ0v) is 10.6. The summed E-state index contributed by atoms with van der Waals surface area (Å²) in [5.41, 5.74) is 3.20. The van der Waals surface area contributed by atoms with Gasteiger partial charge in [0.15, 0.2) is 11.5 Å². The van der Waals surface area contributed by atoms with Crippen LogP contribution in [0.15, 0.2) is 52.8 Å². The van der Waals surface area contributed by atoms with Crippen molar-refractivity contribution < 1.29 is 4.39 Å². The van der Waals surface area contributed by atoms with Crippen molar-refractivity contribution in [3.8, 4) is 0 Å². The zero-order chi connectivity index (χ0) is 13.2. The summed E-state index contributed by atoms with van der Waals surface area (Å²) in [4.78, 5) is 9.32. The smallest absolute Gasteiger partial charge is 0.170 e. The Morgan fingerprint density at radius 1 is 1.37 bits per heavy atom. The lowest BCUT2D eigenvalue weighted by atomic mass is 10.4. The summed E-state index contributed by atoms with van der Waals surface area (Å²) in [6.45, 7) is 0. The predicted molar refractivity (Wildman–Crippen MR) is 71.3 cm³/mol. The van der Waals surface area contributed by atoms with Crippen LogP contribution >= 0.6 is 11.8 Å². The minimum atomic E-state index is -0.280. The number of hydrogen-bond acceptors (Lipinski definition) is 5. The van der Waals surface area contributed by atoms with Crippen molar-refractivity contribution >= 4 is 23.2 Å². The molecule has 2 aromatic heterocycles. The van der Waals surface area contributed by atoms with Crippen LogP contribution in [-0.4, -0.2) is 14.4 Å². The van der Waals surface area contributed by atoms with Crippen LogP contribution in [0.5, 0.6) is 0 Å². The molecule has 7 heteroatoms. The number of nitrogens with zero attached hydrogens (tertiary/aromatic N) is 3. The third-order valence-electron chi connectivity index (χ3n) is 2.50. The first-order chi connectivity index (χ1) is 9.26.